The number of Topliss-reactive ketones (excluding diaryl/α,β-unsaturated/α-hetero) is 1. The van der Waals surface area contributed by atoms with Crippen molar-refractivity contribution in [3.8, 4) is 11.5 Å². The Morgan fingerprint density at radius 3 is 2.38 bits per heavy atom. The zero-order valence-corrected chi connectivity index (χ0v) is 16.5. The van der Waals surface area contributed by atoms with Crippen LogP contribution in [0.2, 0.25) is 0 Å². The van der Waals surface area contributed by atoms with E-state index in [0.29, 0.717) is 11.1 Å². The highest BCUT2D eigenvalue weighted by Crippen LogP contribution is 2.29. The molecule has 134 valence electrons. The molecule has 3 aromatic rings. The van der Waals surface area contributed by atoms with E-state index < -0.39 is 0 Å². The van der Waals surface area contributed by atoms with Gasteiger partial charge in [0.1, 0.15) is 0 Å². The Kier molecular flexibility index (Phi) is 5.28. The second kappa shape index (κ2) is 7.46. The van der Waals surface area contributed by atoms with Crippen molar-refractivity contribution in [2.24, 2.45) is 0 Å². The zero-order chi connectivity index (χ0) is 18.8. The summed E-state index contributed by atoms with van der Waals surface area (Å²) in [5.41, 5.74) is 6.05. The molecule has 0 saturated heterocycles. The van der Waals surface area contributed by atoms with Gasteiger partial charge in [-0.05, 0) is 69.0 Å². The fraction of sp³-hybridized carbons (Fsp3) is 0.286. The molecule has 1 atom stereocenters. The van der Waals surface area contributed by atoms with E-state index in [0.717, 1.165) is 27.8 Å². The molecule has 0 unspecified atom stereocenters. The van der Waals surface area contributed by atoms with Crippen molar-refractivity contribution in [2.45, 2.75) is 45.1 Å². The van der Waals surface area contributed by atoms with Crippen LogP contribution in [0.3, 0.4) is 0 Å². The lowest BCUT2D eigenvalue weighted by atomic mass is 9.97. The molecule has 2 aromatic carbocycles. The van der Waals surface area contributed by atoms with Gasteiger partial charge in [-0.1, -0.05) is 36.0 Å². The minimum absolute atomic E-state index is 0.0752. The van der Waals surface area contributed by atoms with Crippen LogP contribution in [0, 0.1) is 27.7 Å². The van der Waals surface area contributed by atoms with Crippen LogP contribution in [0.4, 0.5) is 0 Å². The molecule has 0 amide bonds. The fourth-order valence-corrected chi connectivity index (χ4v) is 3.58. The number of nitrogens with zero attached hydrogens (tertiary/aromatic N) is 2. The summed E-state index contributed by atoms with van der Waals surface area (Å²) in [6.07, 6.45) is 0. The minimum Gasteiger partial charge on any atom is -0.411 e. The molecule has 0 N–H and O–H groups in total. The molecular weight excluding hydrogens is 344 g/mol. The summed E-state index contributed by atoms with van der Waals surface area (Å²) in [6.45, 7) is 9.93. The molecule has 0 bridgehead atoms. The lowest BCUT2D eigenvalue weighted by Gasteiger charge is -2.12. The summed E-state index contributed by atoms with van der Waals surface area (Å²) in [4.78, 5) is 12.9. The molecule has 4 nitrogen and oxygen atoms in total. The van der Waals surface area contributed by atoms with Crippen LogP contribution in [-0.2, 0) is 0 Å². The lowest BCUT2D eigenvalue weighted by molar-refractivity contribution is 0.0993. The Morgan fingerprint density at radius 2 is 1.65 bits per heavy atom. The maximum absolute atomic E-state index is 12.9. The third kappa shape index (κ3) is 3.73. The number of aromatic nitrogens is 2. The van der Waals surface area contributed by atoms with E-state index in [1.165, 1.54) is 17.3 Å². The monoisotopic (exact) mass is 366 g/mol. The average Bonchev–Trinajstić information content (AvgIpc) is 3.06. The van der Waals surface area contributed by atoms with Crippen LogP contribution >= 0.6 is 11.8 Å². The van der Waals surface area contributed by atoms with Gasteiger partial charge >= 0.3 is 0 Å². The minimum atomic E-state index is -0.305. The van der Waals surface area contributed by atoms with Gasteiger partial charge in [-0.2, -0.15) is 0 Å². The third-order valence-corrected chi connectivity index (χ3v) is 5.47. The molecule has 0 aliphatic heterocycles. The first kappa shape index (κ1) is 18.4. The van der Waals surface area contributed by atoms with Crippen molar-refractivity contribution in [3.05, 3.63) is 64.2 Å². The average molecular weight is 366 g/mol. The van der Waals surface area contributed by atoms with Gasteiger partial charge in [-0.15, -0.1) is 10.2 Å². The third-order valence-electron chi connectivity index (χ3n) is 4.53. The highest BCUT2D eigenvalue weighted by molar-refractivity contribution is 8.00. The largest absolute Gasteiger partial charge is 0.411 e. The second-order valence-corrected chi connectivity index (χ2v) is 7.86. The van der Waals surface area contributed by atoms with Gasteiger partial charge in [0.05, 0.1) is 5.25 Å². The van der Waals surface area contributed by atoms with Crippen LogP contribution in [0.1, 0.15) is 39.5 Å². The van der Waals surface area contributed by atoms with Gasteiger partial charge in [0.2, 0.25) is 5.89 Å². The Morgan fingerprint density at radius 1 is 0.962 bits per heavy atom. The van der Waals surface area contributed by atoms with E-state index in [9.17, 15) is 4.79 Å². The van der Waals surface area contributed by atoms with Crippen LogP contribution in [0.15, 0.2) is 46.0 Å². The van der Waals surface area contributed by atoms with Crippen molar-refractivity contribution < 1.29 is 9.21 Å². The van der Waals surface area contributed by atoms with Gasteiger partial charge in [0, 0.05) is 11.1 Å². The molecule has 0 fully saturated rings. The molecule has 5 heteroatoms. The highest BCUT2D eigenvalue weighted by atomic mass is 32.2. The Labute approximate surface area is 158 Å². The van der Waals surface area contributed by atoms with Crippen LogP contribution in [0.5, 0.6) is 0 Å². The summed E-state index contributed by atoms with van der Waals surface area (Å²) >= 11 is 1.30. The van der Waals surface area contributed by atoms with Gasteiger partial charge in [-0.3, -0.25) is 4.79 Å². The van der Waals surface area contributed by atoms with Gasteiger partial charge in [0.15, 0.2) is 5.78 Å². The maximum atomic E-state index is 12.9. The summed E-state index contributed by atoms with van der Waals surface area (Å²) in [5.74, 6) is 0.554. The number of ketones is 1. The lowest BCUT2D eigenvalue weighted by Crippen LogP contribution is -2.15. The molecule has 0 spiro atoms. The molecule has 26 heavy (non-hydrogen) atoms. The number of hydrogen-bond donors (Lipinski definition) is 0. The molecule has 0 aliphatic carbocycles. The number of aryl methyl sites for hydroxylation is 4. The number of benzene rings is 2. The summed E-state index contributed by atoms with van der Waals surface area (Å²) in [6, 6.07) is 11.9. The molecule has 0 radical (unpaired) electrons. The summed E-state index contributed by atoms with van der Waals surface area (Å²) in [5, 5.41) is 8.33. The van der Waals surface area contributed by atoms with Crippen molar-refractivity contribution in [2.75, 3.05) is 0 Å². The first-order chi connectivity index (χ1) is 12.4. The van der Waals surface area contributed by atoms with Crippen molar-refractivity contribution >= 4 is 17.5 Å². The standard InChI is InChI=1S/C21H22N2O2S/c1-12-8-6-7-9-17(12)20-22-23-21(25-20)26-16(5)19(24)18-11-14(3)13(2)10-15(18)4/h6-11,16H,1-5H3/t16-/m0/s1. The SMILES string of the molecule is Cc1cc(C)c(C(=O)[C@H](C)Sc2nnc(-c3ccccc3C)o2)cc1C. The maximum Gasteiger partial charge on any atom is 0.277 e. The van der Waals surface area contributed by atoms with E-state index in [1.54, 1.807) is 0 Å². The van der Waals surface area contributed by atoms with Gasteiger partial charge in [-0.25, -0.2) is 0 Å². The fourth-order valence-electron chi connectivity index (χ4n) is 2.83. The second-order valence-electron chi connectivity index (χ2n) is 6.56. The van der Waals surface area contributed by atoms with Crippen molar-refractivity contribution in [1.82, 2.24) is 10.2 Å². The van der Waals surface area contributed by atoms with E-state index in [1.807, 2.05) is 58.0 Å². The predicted molar refractivity (Wildman–Crippen MR) is 105 cm³/mol. The van der Waals surface area contributed by atoms with E-state index in [4.69, 9.17) is 4.42 Å². The first-order valence-electron chi connectivity index (χ1n) is 8.55. The first-order valence-corrected chi connectivity index (χ1v) is 9.43. The Bertz CT molecular complexity index is 962. The smallest absolute Gasteiger partial charge is 0.277 e. The van der Waals surface area contributed by atoms with Crippen molar-refractivity contribution in [3.63, 3.8) is 0 Å². The van der Waals surface area contributed by atoms with Gasteiger partial charge < -0.3 is 4.42 Å². The Hall–Kier alpha value is -2.40. The number of hydrogen-bond acceptors (Lipinski definition) is 5. The van der Waals surface area contributed by atoms with E-state index >= 15 is 0 Å². The summed E-state index contributed by atoms with van der Waals surface area (Å²) < 4.78 is 5.77. The van der Waals surface area contributed by atoms with Crippen LogP contribution in [0.25, 0.3) is 11.5 Å². The molecule has 1 aromatic heterocycles. The quantitative estimate of drug-likeness (QED) is 0.451. The Balaban J connectivity index is 1.78. The van der Waals surface area contributed by atoms with E-state index in [2.05, 4.69) is 23.2 Å². The summed E-state index contributed by atoms with van der Waals surface area (Å²) in [7, 11) is 0. The zero-order valence-electron chi connectivity index (χ0n) is 15.7. The normalized spacial score (nSPS) is 12.2. The van der Waals surface area contributed by atoms with Gasteiger partial charge in [0.25, 0.3) is 5.22 Å². The molecule has 3 rings (SSSR count). The number of thioether (sulfide) groups is 1. The van der Waals surface area contributed by atoms with Crippen molar-refractivity contribution in [1.29, 1.82) is 0 Å². The van der Waals surface area contributed by atoms with Crippen LogP contribution in [-0.4, -0.2) is 21.2 Å². The number of rotatable bonds is 5. The predicted octanol–water partition coefficient (Wildman–Crippen LogP) is 5.33. The molecule has 0 saturated carbocycles. The number of carbonyl (C=O) groups excluding carboxylic acids is 1. The topological polar surface area (TPSA) is 56.0 Å². The van der Waals surface area contributed by atoms with E-state index in [-0.39, 0.29) is 11.0 Å². The molecule has 0 aliphatic rings. The highest BCUT2D eigenvalue weighted by Gasteiger charge is 2.22. The number of carbonyl (C=O) groups is 1. The molecule has 1 heterocycles. The molecular formula is C21H22N2O2S. The van der Waals surface area contributed by atoms with Crippen LogP contribution < -0.4 is 0 Å².